The molecule has 1 atom stereocenters. The lowest BCUT2D eigenvalue weighted by molar-refractivity contribution is -0.138. The average Bonchev–Trinajstić information content (AvgIpc) is 2.76. The second kappa shape index (κ2) is 4.72. The Balaban J connectivity index is 1.98. The lowest BCUT2D eigenvalue weighted by atomic mass is 9.95. The summed E-state index contributed by atoms with van der Waals surface area (Å²) in [4.78, 5) is 14.3. The molecule has 0 aromatic carbocycles. The number of hydrogen-bond acceptors (Lipinski definition) is 3. The zero-order valence-electron chi connectivity index (χ0n) is 10.2. The van der Waals surface area contributed by atoms with Crippen LogP contribution in [0, 0.1) is 0 Å². The molecule has 3 N–H and O–H groups in total. The molecule has 16 heavy (non-hydrogen) atoms. The van der Waals surface area contributed by atoms with Gasteiger partial charge in [0.2, 0.25) is 5.91 Å². The van der Waals surface area contributed by atoms with Crippen LogP contribution in [-0.4, -0.2) is 42.5 Å². The topological polar surface area (TPSA) is 58.4 Å². The van der Waals surface area contributed by atoms with Crippen LogP contribution in [0.1, 0.15) is 38.5 Å². The second-order valence-electron chi connectivity index (χ2n) is 5.24. The summed E-state index contributed by atoms with van der Waals surface area (Å²) in [7, 11) is 1.96. The van der Waals surface area contributed by atoms with Crippen molar-refractivity contribution < 1.29 is 4.79 Å². The standard InChI is InChI=1S/C12H23N3O/c1-14-10-5-4-8-15(9-10)11(16)12(13)6-2-3-7-12/h10,14H,2-9,13H2,1H3. The summed E-state index contributed by atoms with van der Waals surface area (Å²) in [6.45, 7) is 1.71. The molecule has 0 spiro atoms. The Kier molecular flexibility index (Phi) is 3.50. The molecule has 2 aliphatic rings. The molecular formula is C12H23N3O. The molecule has 2 fully saturated rings. The van der Waals surface area contributed by atoms with E-state index in [1.54, 1.807) is 0 Å². The van der Waals surface area contributed by atoms with Gasteiger partial charge in [-0.1, -0.05) is 12.8 Å². The molecule has 1 aliphatic heterocycles. The first-order valence-corrected chi connectivity index (χ1v) is 6.41. The van der Waals surface area contributed by atoms with Gasteiger partial charge in [0.15, 0.2) is 0 Å². The van der Waals surface area contributed by atoms with E-state index in [9.17, 15) is 4.79 Å². The highest BCUT2D eigenvalue weighted by Crippen LogP contribution is 2.29. The molecular weight excluding hydrogens is 202 g/mol. The molecule has 1 saturated heterocycles. The average molecular weight is 225 g/mol. The summed E-state index contributed by atoms with van der Waals surface area (Å²) in [6.07, 6.45) is 6.20. The van der Waals surface area contributed by atoms with Crippen molar-refractivity contribution in [3.8, 4) is 0 Å². The summed E-state index contributed by atoms with van der Waals surface area (Å²) in [5, 5.41) is 3.26. The Morgan fingerprint density at radius 1 is 1.38 bits per heavy atom. The number of nitrogens with zero attached hydrogens (tertiary/aromatic N) is 1. The van der Waals surface area contributed by atoms with Crippen LogP contribution in [0.4, 0.5) is 0 Å². The van der Waals surface area contributed by atoms with E-state index in [1.165, 1.54) is 0 Å². The number of likely N-dealkylation sites (tertiary alicyclic amines) is 1. The van der Waals surface area contributed by atoms with Gasteiger partial charge in [0.1, 0.15) is 0 Å². The van der Waals surface area contributed by atoms with E-state index in [-0.39, 0.29) is 5.91 Å². The van der Waals surface area contributed by atoms with Crippen molar-refractivity contribution in [2.75, 3.05) is 20.1 Å². The van der Waals surface area contributed by atoms with Crippen LogP contribution in [0.2, 0.25) is 0 Å². The van der Waals surface area contributed by atoms with E-state index in [0.717, 1.165) is 51.6 Å². The fourth-order valence-corrected chi connectivity index (χ4v) is 2.93. The van der Waals surface area contributed by atoms with E-state index < -0.39 is 5.54 Å². The van der Waals surface area contributed by atoms with Crippen LogP contribution in [0.15, 0.2) is 0 Å². The predicted molar refractivity (Wildman–Crippen MR) is 64.0 cm³/mol. The fraction of sp³-hybridized carbons (Fsp3) is 0.917. The molecule has 4 heteroatoms. The molecule has 0 bridgehead atoms. The Morgan fingerprint density at radius 2 is 2.06 bits per heavy atom. The minimum absolute atomic E-state index is 0.185. The third kappa shape index (κ3) is 2.23. The number of hydrogen-bond donors (Lipinski definition) is 2. The first-order valence-electron chi connectivity index (χ1n) is 6.41. The summed E-state index contributed by atoms with van der Waals surface area (Å²) >= 11 is 0. The van der Waals surface area contributed by atoms with E-state index in [2.05, 4.69) is 5.32 Å². The van der Waals surface area contributed by atoms with E-state index in [4.69, 9.17) is 5.73 Å². The molecule has 4 nitrogen and oxygen atoms in total. The van der Waals surface area contributed by atoms with Crippen molar-refractivity contribution in [3.05, 3.63) is 0 Å². The normalized spacial score (nSPS) is 29.4. The minimum atomic E-state index is -0.546. The lowest BCUT2D eigenvalue weighted by Gasteiger charge is -2.37. The number of nitrogens with two attached hydrogens (primary N) is 1. The Labute approximate surface area is 97.6 Å². The predicted octanol–water partition coefficient (Wildman–Crippen LogP) is 0.468. The van der Waals surface area contributed by atoms with Crippen LogP contribution in [0.5, 0.6) is 0 Å². The number of amides is 1. The number of piperidine rings is 1. The van der Waals surface area contributed by atoms with Crippen molar-refractivity contribution in [1.82, 2.24) is 10.2 Å². The first kappa shape index (κ1) is 11.9. The van der Waals surface area contributed by atoms with Crippen molar-refractivity contribution in [1.29, 1.82) is 0 Å². The number of carbonyl (C=O) groups is 1. The molecule has 0 radical (unpaired) electrons. The van der Waals surface area contributed by atoms with Crippen molar-refractivity contribution >= 4 is 5.91 Å². The molecule has 2 rings (SSSR count). The van der Waals surface area contributed by atoms with Gasteiger partial charge in [-0.05, 0) is 32.7 Å². The van der Waals surface area contributed by atoms with E-state index in [1.807, 2.05) is 11.9 Å². The smallest absolute Gasteiger partial charge is 0.242 e. The highest BCUT2D eigenvalue weighted by Gasteiger charge is 2.40. The van der Waals surface area contributed by atoms with Crippen LogP contribution < -0.4 is 11.1 Å². The molecule has 1 amide bonds. The zero-order chi connectivity index (χ0) is 11.6. The monoisotopic (exact) mass is 225 g/mol. The maximum atomic E-state index is 12.4. The molecule has 92 valence electrons. The van der Waals surface area contributed by atoms with Gasteiger partial charge in [-0.25, -0.2) is 0 Å². The highest BCUT2D eigenvalue weighted by molar-refractivity contribution is 5.86. The van der Waals surface area contributed by atoms with Crippen molar-refractivity contribution in [2.45, 2.75) is 50.1 Å². The van der Waals surface area contributed by atoms with Crippen molar-refractivity contribution in [3.63, 3.8) is 0 Å². The van der Waals surface area contributed by atoms with Gasteiger partial charge in [0.25, 0.3) is 0 Å². The van der Waals surface area contributed by atoms with Crippen LogP contribution in [0.3, 0.4) is 0 Å². The van der Waals surface area contributed by atoms with Gasteiger partial charge in [0.05, 0.1) is 5.54 Å². The first-order chi connectivity index (χ1) is 7.65. The molecule has 1 heterocycles. The lowest BCUT2D eigenvalue weighted by Crippen LogP contribution is -2.57. The van der Waals surface area contributed by atoms with E-state index >= 15 is 0 Å². The maximum Gasteiger partial charge on any atom is 0.242 e. The Morgan fingerprint density at radius 3 is 2.69 bits per heavy atom. The fourth-order valence-electron chi connectivity index (χ4n) is 2.93. The molecule has 0 aromatic rings. The van der Waals surface area contributed by atoms with Gasteiger partial charge in [-0.15, -0.1) is 0 Å². The van der Waals surface area contributed by atoms with Crippen molar-refractivity contribution in [2.24, 2.45) is 5.73 Å². The summed E-state index contributed by atoms with van der Waals surface area (Å²) in [5.41, 5.74) is 5.66. The Hall–Kier alpha value is -0.610. The number of rotatable bonds is 2. The van der Waals surface area contributed by atoms with Crippen LogP contribution in [0.25, 0.3) is 0 Å². The van der Waals surface area contributed by atoms with Crippen LogP contribution in [-0.2, 0) is 4.79 Å². The molecule has 1 saturated carbocycles. The van der Waals surface area contributed by atoms with Gasteiger partial charge in [-0.2, -0.15) is 0 Å². The number of likely N-dealkylation sites (N-methyl/N-ethyl adjacent to an activating group) is 1. The minimum Gasteiger partial charge on any atom is -0.340 e. The van der Waals surface area contributed by atoms with Gasteiger partial charge < -0.3 is 16.0 Å². The summed E-state index contributed by atoms with van der Waals surface area (Å²) in [5.74, 6) is 0.185. The van der Waals surface area contributed by atoms with Gasteiger partial charge in [-0.3, -0.25) is 4.79 Å². The molecule has 1 aliphatic carbocycles. The third-order valence-corrected chi connectivity index (χ3v) is 4.04. The maximum absolute atomic E-state index is 12.4. The quantitative estimate of drug-likeness (QED) is 0.718. The number of nitrogens with one attached hydrogen (secondary N) is 1. The second-order valence-corrected chi connectivity index (χ2v) is 5.24. The van der Waals surface area contributed by atoms with Crippen LogP contribution >= 0.6 is 0 Å². The highest BCUT2D eigenvalue weighted by atomic mass is 16.2. The molecule has 0 aromatic heterocycles. The largest absolute Gasteiger partial charge is 0.340 e. The van der Waals surface area contributed by atoms with Gasteiger partial charge in [0, 0.05) is 19.1 Å². The zero-order valence-corrected chi connectivity index (χ0v) is 10.2. The van der Waals surface area contributed by atoms with E-state index in [0.29, 0.717) is 6.04 Å². The molecule has 1 unspecified atom stereocenters. The number of carbonyl (C=O) groups excluding carboxylic acids is 1. The Bertz CT molecular complexity index is 261. The van der Waals surface area contributed by atoms with Gasteiger partial charge >= 0.3 is 0 Å². The summed E-state index contributed by atoms with van der Waals surface area (Å²) < 4.78 is 0. The third-order valence-electron chi connectivity index (χ3n) is 4.04. The summed E-state index contributed by atoms with van der Waals surface area (Å²) in [6, 6.07) is 0.447. The SMILES string of the molecule is CNC1CCCN(C(=O)C2(N)CCCC2)C1.